The van der Waals surface area contributed by atoms with E-state index in [0.29, 0.717) is 35.4 Å². The summed E-state index contributed by atoms with van der Waals surface area (Å²) in [6.07, 6.45) is 13.3. The Balaban J connectivity index is 1.64. The second-order valence-corrected chi connectivity index (χ2v) is 8.63. The molecule has 0 aliphatic heterocycles. The van der Waals surface area contributed by atoms with E-state index in [9.17, 15) is 9.90 Å². The number of aliphatic hydroxyl groups is 1. The van der Waals surface area contributed by atoms with Gasteiger partial charge in [-0.2, -0.15) is 0 Å². The van der Waals surface area contributed by atoms with Crippen molar-refractivity contribution in [3.63, 3.8) is 0 Å². The van der Waals surface area contributed by atoms with Crippen LogP contribution in [0.5, 0.6) is 0 Å². The van der Waals surface area contributed by atoms with Gasteiger partial charge < -0.3 is 5.11 Å². The maximum absolute atomic E-state index is 12.7. The van der Waals surface area contributed by atoms with Gasteiger partial charge in [0.05, 0.1) is 5.60 Å². The van der Waals surface area contributed by atoms with E-state index >= 15 is 0 Å². The lowest BCUT2D eigenvalue weighted by atomic mass is 9.44. The predicted octanol–water partition coefficient (Wildman–Crippen LogP) is 2.88. The van der Waals surface area contributed by atoms with Gasteiger partial charge in [-0.25, -0.2) is 0 Å². The van der Waals surface area contributed by atoms with Gasteiger partial charge in [0.15, 0.2) is 0 Å². The van der Waals surface area contributed by atoms with Crippen LogP contribution in [0.1, 0.15) is 38.5 Å². The van der Waals surface area contributed by atoms with Crippen LogP contribution in [0.3, 0.4) is 0 Å². The van der Waals surface area contributed by atoms with Gasteiger partial charge in [0.25, 0.3) is 0 Å². The number of Topliss-reactive ketones (excluding diaryl/α,β-unsaturated/α-hetero) is 1. The highest BCUT2D eigenvalue weighted by Gasteiger charge is 2.75. The second kappa shape index (κ2) is 3.22. The summed E-state index contributed by atoms with van der Waals surface area (Å²) >= 11 is 0. The van der Waals surface area contributed by atoms with Crippen LogP contribution in [-0.2, 0) is 4.79 Å². The van der Waals surface area contributed by atoms with Gasteiger partial charge in [-0.15, -0.1) is 0 Å². The maximum Gasteiger partial charge on any atom is 0.139 e. The van der Waals surface area contributed by atoms with Crippen molar-refractivity contribution >= 4 is 5.78 Å². The monoisotopic (exact) mass is 282 g/mol. The molecule has 7 rings (SSSR count). The van der Waals surface area contributed by atoms with Crippen molar-refractivity contribution in [1.29, 1.82) is 0 Å². The Bertz CT molecular complexity index is 631. The van der Waals surface area contributed by atoms with Crippen molar-refractivity contribution in [3.05, 3.63) is 23.8 Å². The molecule has 0 amide bonds. The van der Waals surface area contributed by atoms with Crippen LogP contribution in [-0.4, -0.2) is 16.5 Å². The van der Waals surface area contributed by atoms with Crippen molar-refractivity contribution in [2.24, 2.45) is 40.9 Å². The molecule has 5 fully saturated rings. The van der Waals surface area contributed by atoms with Crippen LogP contribution in [0.15, 0.2) is 23.8 Å². The number of rotatable bonds is 0. The fraction of sp³-hybridized carbons (Fsp3) is 0.737. The minimum Gasteiger partial charge on any atom is -0.388 e. The summed E-state index contributed by atoms with van der Waals surface area (Å²) in [6, 6.07) is 0. The third-order valence-electron chi connectivity index (χ3n) is 8.23. The van der Waals surface area contributed by atoms with Gasteiger partial charge in [-0.05, 0) is 61.2 Å². The van der Waals surface area contributed by atoms with E-state index in [-0.39, 0.29) is 11.3 Å². The van der Waals surface area contributed by atoms with E-state index < -0.39 is 5.60 Å². The summed E-state index contributed by atoms with van der Waals surface area (Å²) in [5, 5.41) is 11.5. The summed E-state index contributed by atoms with van der Waals surface area (Å²) in [7, 11) is 0. The quantitative estimate of drug-likeness (QED) is 0.694. The molecule has 0 aromatic heterocycles. The van der Waals surface area contributed by atoms with Crippen molar-refractivity contribution < 1.29 is 9.90 Å². The van der Waals surface area contributed by atoms with Crippen LogP contribution < -0.4 is 0 Å². The maximum atomic E-state index is 12.7. The summed E-state index contributed by atoms with van der Waals surface area (Å²) < 4.78 is 0. The molecular formula is C19H22O2. The van der Waals surface area contributed by atoms with Gasteiger partial charge in [-0.3, -0.25) is 4.79 Å². The topological polar surface area (TPSA) is 37.3 Å². The smallest absolute Gasteiger partial charge is 0.139 e. The van der Waals surface area contributed by atoms with Crippen molar-refractivity contribution in [1.82, 2.24) is 0 Å². The molecule has 2 nitrogen and oxygen atoms in total. The Morgan fingerprint density at radius 1 is 1.19 bits per heavy atom. The molecule has 2 heteroatoms. The molecule has 1 N–H and O–H groups in total. The minimum absolute atomic E-state index is 0.0579. The van der Waals surface area contributed by atoms with E-state index in [1.807, 2.05) is 0 Å². The fourth-order valence-corrected chi connectivity index (χ4v) is 7.98. The Labute approximate surface area is 125 Å². The zero-order valence-electron chi connectivity index (χ0n) is 12.3. The lowest BCUT2D eigenvalue weighted by molar-refractivity contribution is -0.190. The molecule has 110 valence electrons. The van der Waals surface area contributed by atoms with Gasteiger partial charge in [0.1, 0.15) is 5.78 Å². The standard InChI is InChI=1S/C19H22O2/c20-14-9-18-7-5-13(14)19(21)6-1-2-12(17(18)19)15-10-3-4-11(8-10)16(15)18/h2-4,10-11,13,15-17,21H,1,5-9H2/t10-,11+,13+,15?,16?,17-,18?,19-/m1/s1. The number of carbonyl (C=O) groups excluding carboxylic acids is 1. The molecule has 3 unspecified atom stereocenters. The van der Waals surface area contributed by atoms with E-state index in [1.165, 1.54) is 12.8 Å². The second-order valence-electron chi connectivity index (χ2n) is 8.63. The highest BCUT2D eigenvalue weighted by molar-refractivity contribution is 5.86. The van der Waals surface area contributed by atoms with E-state index in [0.717, 1.165) is 25.7 Å². The zero-order chi connectivity index (χ0) is 14.0. The van der Waals surface area contributed by atoms with E-state index in [4.69, 9.17) is 0 Å². The molecule has 7 aliphatic rings. The zero-order valence-corrected chi connectivity index (χ0v) is 12.3. The highest BCUT2D eigenvalue weighted by atomic mass is 16.3. The van der Waals surface area contributed by atoms with Crippen LogP contribution in [0.2, 0.25) is 0 Å². The summed E-state index contributed by atoms with van der Waals surface area (Å²) in [4.78, 5) is 12.7. The summed E-state index contributed by atoms with van der Waals surface area (Å²) in [5.41, 5.74) is 0.992. The molecule has 7 aliphatic carbocycles. The van der Waals surface area contributed by atoms with E-state index in [1.54, 1.807) is 5.57 Å². The molecule has 4 bridgehead atoms. The van der Waals surface area contributed by atoms with Gasteiger partial charge in [0.2, 0.25) is 0 Å². The molecule has 0 heterocycles. The molecular weight excluding hydrogens is 260 g/mol. The number of allylic oxidation sites excluding steroid dienone is 3. The molecule has 21 heavy (non-hydrogen) atoms. The number of ketones is 1. The average Bonchev–Trinajstić information content (AvgIpc) is 3.12. The average molecular weight is 282 g/mol. The van der Waals surface area contributed by atoms with Crippen LogP contribution in [0, 0.1) is 40.9 Å². The lowest BCUT2D eigenvalue weighted by Crippen LogP contribution is -2.64. The molecule has 0 radical (unpaired) electrons. The normalized spacial score (nSPS) is 62.0. The lowest BCUT2D eigenvalue weighted by Gasteiger charge is -2.60. The number of hydrogen-bond donors (Lipinski definition) is 1. The van der Waals surface area contributed by atoms with Gasteiger partial charge in [0, 0.05) is 18.3 Å². The largest absolute Gasteiger partial charge is 0.388 e. The SMILES string of the molecule is O=C1CC23CC[C@@H]1[C@]1(O)CCC=C(C4C2[C@H]2C=C[C@@H]4C2)[C@H]31. The first kappa shape index (κ1) is 11.6. The molecule has 8 atom stereocenters. The third-order valence-corrected chi connectivity index (χ3v) is 8.23. The number of carbonyl (C=O) groups is 1. The van der Waals surface area contributed by atoms with Gasteiger partial charge >= 0.3 is 0 Å². The van der Waals surface area contributed by atoms with Crippen LogP contribution in [0.25, 0.3) is 0 Å². The Morgan fingerprint density at radius 2 is 2.05 bits per heavy atom. The minimum atomic E-state index is -0.693. The third kappa shape index (κ3) is 1.02. The molecule has 1 spiro atoms. The summed E-state index contributed by atoms with van der Waals surface area (Å²) in [6.45, 7) is 0. The van der Waals surface area contributed by atoms with Crippen molar-refractivity contribution in [2.75, 3.05) is 0 Å². The van der Waals surface area contributed by atoms with E-state index in [2.05, 4.69) is 18.2 Å². The first-order valence-electron chi connectivity index (χ1n) is 8.78. The van der Waals surface area contributed by atoms with Crippen molar-refractivity contribution in [2.45, 2.75) is 44.1 Å². The molecule has 5 saturated carbocycles. The Morgan fingerprint density at radius 3 is 2.90 bits per heavy atom. The number of hydrogen-bond acceptors (Lipinski definition) is 2. The fourth-order valence-electron chi connectivity index (χ4n) is 7.98. The Hall–Kier alpha value is -0.890. The predicted molar refractivity (Wildman–Crippen MR) is 78.3 cm³/mol. The Kier molecular flexibility index (Phi) is 1.79. The van der Waals surface area contributed by atoms with Crippen molar-refractivity contribution in [3.8, 4) is 0 Å². The molecule has 0 aromatic carbocycles. The first-order chi connectivity index (χ1) is 10.2. The summed E-state index contributed by atoms with van der Waals surface area (Å²) in [5.74, 6) is 3.32. The number of fused-ring (bicyclic) bond motifs is 8. The molecule has 0 aromatic rings. The molecule has 0 saturated heterocycles. The van der Waals surface area contributed by atoms with Crippen LogP contribution >= 0.6 is 0 Å². The van der Waals surface area contributed by atoms with Crippen LogP contribution in [0.4, 0.5) is 0 Å². The first-order valence-corrected chi connectivity index (χ1v) is 8.78. The highest BCUT2D eigenvalue weighted by Crippen LogP contribution is 2.77. The van der Waals surface area contributed by atoms with Gasteiger partial charge in [-0.1, -0.05) is 23.8 Å².